The molecule has 1 atom stereocenters. The van der Waals surface area contributed by atoms with Crippen LogP contribution < -0.4 is 0 Å². The molecule has 1 saturated heterocycles. The van der Waals surface area contributed by atoms with Crippen LogP contribution in [-0.2, 0) is 4.79 Å². The van der Waals surface area contributed by atoms with Gasteiger partial charge in [-0.2, -0.15) is 0 Å². The molecule has 1 amide bonds. The highest BCUT2D eigenvalue weighted by atomic mass is 79.9. The number of hydrogen-bond donors (Lipinski definition) is 2. The van der Waals surface area contributed by atoms with Crippen LogP contribution in [0, 0.1) is 0 Å². The highest BCUT2D eigenvalue weighted by Gasteiger charge is 2.35. The minimum atomic E-state index is -1.02. The smallest absolute Gasteiger partial charge is 0.327 e. The van der Waals surface area contributed by atoms with E-state index in [0.29, 0.717) is 16.1 Å². The summed E-state index contributed by atoms with van der Waals surface area (Å²) in [5, 5.41) is 18.7. The van der Waals surface area contributed by atoms with Gasteiger partial charge in [-0.25, -0.2) is 4.79 Å². The number of carboxylic acids is 1. The maximum atomic E-state index is 12.2. The van der Waals surface area contributed by atoms with Crippen LogP contribution in [0.25, 0.3) is 0 Å². The van der Waals surface area contributed by atoms with Gasteiger partial charge in [0.05, 0.1) is 11.4 Å². The third-order valence-corrected chi connectivity index (χ3v) is 4.12. The quantitative estimate of drug-likeness (QED) is 0.863. The number of amides is 1. The Kier molecular flexibility index (Phi) is 3.82. The monoisotopic (exact) mass is 331 g/mol. The predicted octanol–water partition coefficient (Wildman–Crippen LogP) is 1.75. The van der Waals surface area contributed by atoms with Gasteiger partial charge in [-0.15, -0.1) is 11.8 Å². The number of carbonyl (C=O) groups excluding carboxylic acids is 1. The summed E-state index contributed by atoms with van der Waals surface area (Å²) in [4.78, 5) is 24.4. The van der Waals surface area contributed by atoms with Gasteiger partial charge < -0.3 is 15.1 Å². The van der Waals surface area contributed by atoms with Gasteiger partial charge in [0.15, 0.2) is 0 Å². The summed E-state index contributed by atoms with van der Waals surface area (Å²) in [7, 11) is 0. The highest BCUT2D eigenvalue weighted by molar-refractivity contribution is 9.10. The van der Waals surface area contributed by atoms with E-state index in [4.69, 9.17) is 5.11 Å². The molecule has 96 valence electrons. The summed E-state index contributed by atoms with van der Waals surface area (Å²) in [6.07, 6.45) is 0. The van der Waals surface area contributed by atoms with Crippen LogP contribution in [0.15, 0.2) is 22.7 Å². The van der Waals surface area contributed by atoms with Gasteiger partial charge in [0.1, 0.15) is 11.8 Å². The van der Waals surface area contributed by atoms with Gasteiger partial charge in [-0.3, -0.25) is 4.79 Å². The SMILES string of the molecule is O=C(O)C1CSCN1C(=O)c1ccc(Br)cc1O. The Morgan fingerprint density at radius 1 is 1.44 bits per heavy atom. The van der Waals surface area contributed by atoms with Crippen molar-refractivity contribution in [2.24, 2.45) is 0 Å². The number of carbonyl (C=O) groups is 2. The lowest BCUT2D eigenvalue weighted by molar-refractivity contribution is -0.140. The first kappa shape index (κ1) is 13.2. The fraction of sp³-hybridized carbons (Fsp3) is 0.273. The van der Waals surface area contributed by atoms with Gasteiger partial charge in [0.25, 0.3) is 5.91 Å². The molecule has 18 heavy (non-hydrogen) atoms. The van der Waals surface area contributed by atoms with Crippen molar-refractivity contribution in [3.05, 3.63) is 28.2 Å². The molecule has 0 radical (unpaired) electrons. The summed E-state index contributed by atoms with van der Waals surface area (Å²) in [6, 6.07) is 3.69. The Hall–Kier alpha value is -1.21. The molecule has 1 unspecified atom stereocenters. The molecule has 5 nitrogen and oxygen atoms in total. The van der Waals surface area contributed by atoms with Gasteiger partial charge >= 0.3 is 5.97 Å². The number of nitrogens with zero attached hydrogens (tertiary/aromatic N) is 1. The van der Waals surface area contributed by atoms with Crippen LogP contribution in [0.5, 0.6) is 5.75 Å². The zero-order valence-corrected chi connectivity index (χ0v) is 11.6. The van der Waals surface area contributed by atoms with E-state index < -0.39 is 17.9 Å². The number of phenols is 1. The Labute approximate surface area is 116 Å². The molecular formula is C11H10BrNO4S. The second-order valence-electron chi connectivity index (χ2n) is 3.79. The van der Waals surface area contributed by atoms with E-state index in [1.165, 1.54) is 28.8 Å². The van der Waals surface area contributed by atoms with Crippen molar-refractivity contribution in [1.82, 2.24) is 4.90 Å². The number of hydrogen-bond acceptors (Lipinski definition) is 4. The van der Waals surface area contributed by atoms with Crippen molar-refractivity contribution < 1.29 is 19.8 Å². The minimum absolute atomic E-state index is 0.118. The van der Waals surface area contributed by atoms with Crippen LogP contribution in [0.2, 0.25) is 0 Å². The molecule has 0 aromatic heterocycles. The molecule has 2 N–H and O–H groups in total. The summed E-state index contributed by atoms with van der Waals surface area (Å²) < 4.78 is 0.655. The normalized spacial score (nSPS) is 18.9. The van der Waals surface area contributed by atoms with Crippen molar-refractivity contribution in [3.63, 3.8) is 0 Å². The molecule has 0 saturated carbocycles. The first-order chi connectivity index (χ1) is 8.50. The summed E-state index contributed by atoms with van der Waals surface area (Å²) in [5.41, 5.74) is 0.118. The Morgan fingerprint density at radius 2 is 2.17 bits per heavy atom. The number of aliphatic carboxylic acids is 1. The lowest BCUT2D eigenvalue weighted by atomic mass is 10.1. The van der Waals surface area contributed by atoms with Crippen molar-refractivity contribution in [3.8, 4) is 5.75 Å². The first-order valence-electron chi connectivity index (χ1n) is 5.10. The molecule has 1 heterocycles. The predicted molar refractivity (Wildman–Crippen MR) is 70.7 cm³/mol. The molecule has 0 bridgehead atoms. The number of phenolic OH excluding ortho intramolecular Hbond substituents is 1. The van der Waals surface area contributed by atoms with Gasteiger partial charge in [-0.05, 0) is 18.2 Å². The fourth-order valence-corrected chi connectivity index (χ4v) is 3.18. The van der Waals surface area contributed by atoms with Crippen LogP contribution in [0.4, 0.5) is 0 Å². The third kappa shape index (κ3) is 2.46. The van der Waals surface area contributed by atoms with Crippen molar-refractivity contribution >= 4 is 39.6 Å². The maximum Gasteiger partial charge on any atom is 0.327 e. The Bertz CT molecular complexity index is 508. The van der Waals surface area contributed by atoms with Gasteiger partial charge in [-0.1, -0.05) is 15.9 Å². The second-order valence-corrected chi connectivity index (χ2v) is 5.71. The van der Waals surface area contributed by atoms with Crippen LogP contribution in [0.1, 0.15) is 10.4 Å². The van der Waals surface area contributed by atoms with E-state index in [0.717, 1.165) is 0 Å². The molecule has 1 fully saturated rings. The van der Waals surface area contributed by atoms with Crippen molar-refractivity contribution in [1.29, 1.82) is 0 Å². The van der Waals surface area contributed by atoms with E-state index in [1.54, 1.807) is 6.07 Å². The average molecular weight is 332 g/mol. The van der Waals surface area contributed by atoms with Crippen molar-refractivity contribution in [2.75, 3.05) is 11.6 Å². The van der Waals surface area contributed by atoms with E-state index in [9.17, 15) is 14.7 Å². The maximum absolute atomic E-state index is 12.2. The number of aromatic hydroxyl groups is 1. The zero-order valence-electron chi connectivity index (χ0n) is 9.17. The van der Waals surface area contributed by atoms with E-state index in [1.807, 2.05) is 0 Å². The number of thioether (sulfide) groups is 1. The second kappa shape index (κ2) is 5.19. The van der Waals surface area contributed by atoms with Crippen LogP contribution in [0.3, 0.4) is 0 Å². The lowest BCUT2D eigenvalue weighted by Gasteiger charge is -2.20. The van der Waals surface area contributed by atoms with Crippen molar-refractivity contribution in [2.45, 2.75) is 6.04 Å². The minimum Gasteiger partial charge on any atom is -0.507 e. The Morgan fingerprint density at radius 3 is 2.78 bits per heavy atom. The molecular weight excluding hydrogens is 322 g/mol. The molecule has 1 aromatic rings. The standard InChI is InChI=1S/C11H10BrNO4S/c12-6-1-2-7(9(14)3-6)10(15)13-5-18-4-8(13)11(16)17/h1-3,8,14H,4-5H2,(H,16,17). The largest absolute Gasteiger partial charge is 0.507 e. The average Bonchev–Trinajstić information content (AvgIpc) is 2.77. The van der Waals surface area contributed by atoms with E-state index in [-0.39, 0.29) is 11.3 Å². The van der Waals surface area contributed by atoms with E-state index in [2.05, 4.69) is 15.9 Å². The van der Waals surface area contributed by atoms with Gasteiger partial charge in [0.2, 0.25) is 0 Å². The molecule has 1 aromatic carbocycles. The summed E-state index contributed by atoms with van der Waals surface area (Å²) in [6.45, 7) is 0. The van der Waals surface area contributed by atoms with E-state index >= 15 is 0 Å². The molecule has 0 spiro atoms. The van der Waals surface area contributed by atoms with Gasteiger partial charge in [0, 0.05) is 10.2 Å². The Balaban J connectivity index is 2.28. The molecule has 0 aliphatic carbocycles. The summed E-state index contributed by atoms with van der Waals surface area (Å²) in [5.74, 6) is -0.943. The number of carboxylic acid groups (broad SMARTS) is 1. The fourth-order valence-electron chi connectivity index (χ4n) is 1.69. The molecule has 1 aliphatic heterocycles. The van der Waals surface area contributed by atoms with Crippen LogP contribution in [-0.4, -0.2) is 44.7 Å². The number of halogens is 1. The third-order valence-electron chi connectivity index (χ3n) is 2.62. The topological polar surface area (TPSA) is 77.8 Å². The molecule has 2 rings (SSSR count). The summed E-state index contributed by atoms with van der Waals surface area (Å²) >= 11 is 4.56. The molecule has 1 aliphatic rings. The highest BCUT2D eigenvalue weighted by Crippen LogP contribution is 2.28. The molecule has 7 heteroatoms. The lowest BCUT2D eigenvalue weighted by Crippen LogP contribution is -2.41. The number of rotatable bonds is 2. The number of benzene rings is 1. The zero-order chi connectivity index (χ0) is 13.3. The first-order valence-corrected chi connectivity index (χ1v) is 7.05. The van der Waals surface area contributed by atoms with Crippen LogP contribution >= 0.6 is 27.7 Å².